The molecular weight excluding hydrogens is 370 g/mol. The van der Waals surface area contributed by atoms with Gasteiger partial charge in [0.05, 0.1) is 12.7 Å². The summed E-state index contributed by atoms with van der Waals surface area (Å²) in [5.41, 5.74) is 3.21. The Kier molecular flexibility index (Phi) is 8.54. The lowest BCUT2D eigenvalue weighted by molar-refractivity contribution is -0.862. The fourth-order valence-electron chi connectivity index (χ4n) is 2.91. The quantitative estimate of drug-likeness (QED) is 0.634. The van der Waals surface area contributed by atoms with Crippen molar-refractivity contribution in [3.8, 4) is 0 Å². The highest BCUT2D eigenvalue weighted by Crippen LogP contribution is 2.24. The van der Waals surface area contributed by atoms with Crippen molar-refractivity contribution >= 4 is 29.3 Å². The van der Waals surface area contributed by atoms with Crippen molar-refractivity contribution in [2.24, 2.45) is 0 Å². The summed E-state index contributed by atoms with van der Waals surface area (Å²) in [5, 5.41) is 2.94. The van der Waals surface area contributed by atoms with Gasteiger partial charge >= 0.3 is 0 Å². The van der Waals surface area contributed by atoms with Gasteiger partial charge in [0.1, 0.15) is 0 Å². The second-order valence-electron chi connectivity index (χ2n) is 6.98. The van der Waals surface area contributed by atoms with Crippen LogP contribution in [0.3, 0.4) is 0 Å². The van der Waals surface area contributed by atoms with Crippen molar-refractivity contribution in [2.75, 3.05) is 38.8 Å². The number of likely N-dealkylation sites (N-methyl/N-ethyl adjacent to an activating group) is 2. The van der Waals surface area contributed by atoms with E-state index in [0.717, 1.165) is 27.5 Å². The summed E-state index contributed by atoms with van der Waals surface area (Å²) in [7, 11) is 3.67. The third-order valence-electron chi connectivity index (χ3n) is 4.57. The van der Waals surface area contributed by atoms with Gasteiger partial charge in [-0.3, -0.25) is 9.59 Å². The Morgan fingerprint density at radius 1 is 1.04 bits per heavy atom. The number of para-hydroxylation sites is 1. The van der Waals surface area contributed by atoms with Gasteiger partial charge in [-0.1, -0.05) is 43.3 Å². The van der Waals surface area contributed by atoms with E-state index in [9.17, 15) is 9.59 Å². The van der Waals surface area contributed by atoms with Crippen LogP contribution in [0, 0.1) is 0 Å². The molecule has 0 saturated heterocycles. The van der Waals surface area contributed by atoms with Crippen LogP contribution in [-0.2, 0) is 22.6 Å². The Morgan fingerprint density at radius 3 is 2.32 bits per heavy atom. The first-order valence-electron chi connectivity index (χ1n) is 9.48. The lowest BCUT2D eigenvalue weighted by atomic mass is 10.1. The maximum Gasteiger partial charge on any atom is 0.279 e. The first-order chi connectivity index (χ1) is 13.4. The van der Waals surface area contributed by atoms with Gasteiger partial charge in [0.25, 0.3) is 11.8 Å². The van der Waals surface area contributed by atoms with Crippen LogP contribution in [0.4, 0.5) is 5.69 Å². The van der Waals surface area contributed by atoms with E-state index >= 15 is 0 Å². The highest BCUT2D eigenvalue weighted by Gasteiger charge is 2.18. The monoisotopic (exact) mass is 400 g/mol. The zero-order valence-electron chi connectivity index (χ0n) is 17.1. The molecule has 2 rings (SSSR count). The number of thioether (sulfide) groups is 1. The van der Waals surface area contributed by atoms with Crippen LogP contribution in [0.25, 0.3) is 0 Å². The third-order valence-corrected chi connectivity index (χ3v) is 5.37. The number of hydrogen-bond acceptors (Lipinski definition) is 3. The average Bonchev–Trinajstić information content (AvgIpc) is 2.68. The number of aryl methyl sites for hydroxylation is 1. The molecule has 0 spiro atoms. The SMILES string of the molecule is CCc1ccc(CN(C)C(=O)C[NH+](C)CC(=O)Nc2ccccc2SC)cc1. The molecule has 0 fully saturated rings. The van der Waals surface area contributed by atoms with Crippen molar-refractivity contribution in [1.82, 2.24) is 4.90 Å². The van der Waals surface area contributed by atoms with Gasteiger partial charge in [-0.05, 0) is 35.9 Å². The van der Waals surface area contributed by atoms with E-state index in [1.54, 1.807) is 23.7 Å². The van der Waals surface area contributed by atoms with Crippen LogP contribution in [0.5, 0.6) is 0 Å². The van der Waals surface area contributed by atoms with Crippen molar-refractivity contribution < 1.29 is 14.5 Å². The normalized spacial score (nSPS) is 11.7. The Bertz CT molecular complexity index is 793. The van der Waals surface area contributed by atoms with Crippen LogP contribution in [0.15, 0.2) is 53.4 Å². The Labute approximate surface area is 172 Å². The van der Waals surface area contributed by atoms with E-state index in [1.807, 2.05) is 37.6 Å². The molecule has 2 amide bonds. The van der Waals surface area contributed by atoms with Crippen LogP contribution in [0.2, 0.25) is 0 Å². The molecule has 1 unspecified atom stereocenters. The van der Waals surface area contributed by atoms with Gasteiger partial charge in [-0.15, -0.1) is 11.8 Å². The second-order valence-corrected chi connectivity index (χ2v) is 7.83. The number of carbonyl (C=O) groups is 2. The number of rotatable bonds is 9. The molecule has 0 aliphatic rings. The van der Waals surface area contributed by atoms with Gasteiger partial charge in [0.2, 0.25) is 0 Å². The fraction of sp³-hybridized carbons (Fsp3) is 0.364. The van der Waals surface area contributed by atoms with Crippen LogP contribution in [-0.4, -0.2) is 50.2 Å². The summed E-state index contributed by atoms with van der Waals surface area (Å²) in [6.45, 7) is 3.22. The van der Waals surface area contributed by atoms with E-state index < -0.39 is 0 Å². The largest absolute Gasteiger partial charge is 0.337 e. The molecular formula is C22H30N3O2S+. The minimum Gasteiger partial charge on any atom is -0.337 e. The number of benzene rings is 2. The number of carbonyl (C=O) groups excluding carboxylic acids is 2. The van der Waals surface area contributed by atoms with Gasteiger partial charge in [-0.2, -0.15) is 0 Å². The van der Waals surface area contributed by atoms with E-state index in [-0.39, 0.29) is 24.9 Å². The lowest BCUT2D eigenvalue weighted by Gasteiger charge is -2.20. The number of hydrogen-bond donors (Lipinski definition) is 2. The minimum absolute atomic E-state index is 0.0226. The van der Waals surface area contributed by atoms with Gasteiger partial charge in [0, 0.05) is 18.5 Å². The smallest absolute Gasteiger partial charge is 0.279 e. The van der Waals surface area contributed by atoms with E-state index in [0.29, 0.717) is 6.54 Å². The summed E-state index contributed by atoms with van der Waals surface area (Å²) in [5.74, 6) is -0.0704. The van der Waals surface area contributed by atoms with E-state index in [1.165, 1.54) is 5.56 Å². The molecule has 5 nitrogen and oxygen atoms in total. The molecule has 0 bridgehead atoms. The molecule has 2 aromatic rings. The molecule has 2 aromatic carbocycles. The zero-order chi connectivity index (χ0) is 20.5. The third kappa shape index (κ3) is 6.69. The van der Waals surface area contributed by atoms with Crippen molar-refractivity contribution in [3.63, 3.8) is 0 Å². The minimum atomic E-state index is -0.0930. The summed E-state index contributed by atoms with van der Waals surface area (Å²) in [6.07, 6.45) is 2.99. The molecule has 2 N–H and O–H groups in total. The molecule has 0 heterocycles. The molecule has 0 saturated carbocycles. The predicted octanol–water partition coefficient (Wildman–Crippen LogP) is 2.08. The molecule has 1 atom stereocenters. The summed E-state index contributed by atoms with van der Waals surface area (Å²) in [6, 6.07) is 16.0. The van der Waals surface area contributed by atoms with E-state index in [2.05, 4.69) is 36.5 Å². The molecule has 6 heteroatoms. The number of anilines is 1. The van der Waals surface area contributed by atoms with Crippen molar-refractivity contribution in [1.29, 1.82) is 0 Å². The summed E-state index contributed by atoms with van der Waals surface area (Å²) < 4.78 is 0. The van der Waals surface area contributed by atoms with Gasteiger partial charge in [-0.25, -0.2) is 0 Å². The van der Waals surface area contributed by atoms with Crippen molar-refractivity contribution in [3.05, 3.63) is 59.7 Å². The number of nitrogens with zero attached hydrogens (tertiary/aromatic N) is 1. The first kappa shape index (κ1) is 22.0. The summed E-state index contributed by atoms with van der Waals surface area (Å²) in [4.78, 5) is 28.4. The molecule has 0 radical (unpaired) electrons. The highest BCUT2D eigenvalue weighted by molar-refractivity contribution is 7.98. The standard InChI is InChI=1S/C22H29N3O2S/c1-5-17-10-12-18(13-11-17)14-25(3)22(27)16-24(2)15-21(26)23-19-8-6-7-9-20(19)28-4/h6-13H,5,14-16H2,1-4H3,(H,23,26)/p+1. The fourth-order valence-corrected chi connectivity index (χ4v) is 3.47. The predicted molar refractivity (Wildman–Crippen MR) is 116 cm³/mol. The molecule has 150 valence electrons. The molecule has 0 aliphatic carbocycles. The number of amides is 2. The molecule has 0 aliphatic heterocycles. The maximum atomic E-state index is 12.5. The van der Waals surface area contributed by atoms with Gasteiger partial charge < -0.3 is 15.1 Å². The van der Waals surface area contributed by atoms with Crippen LogP contribution < -0.4 is 10.2 Å². The summed E-state index contributed by atoms with van der Waals surface area (Å²) >= 11 is 1.59. The number of quaternary nitrogens is 1. The molecule has 0 aromatic heterocycles. The van der Waals surface area contributed by atoms with Crippen molar-refractivity contribution in [2.45, 2.75) is 24.8 Å². The lowest BCUT2D eigenvalue weighted by Crippen LogP contribution is -3.11. The Hall–Kier alpha value is -2.31. The Balaban J connectivity index is 1.82. The topological polar surface area (TPSA) is 53.9 Å². The number of nitrogens with one attached hydrogen (secondary N) is 2. The Morgan fingerprint density at radius 2 is 1.68 bits per heavy atom. The second kappa shape index (κ2) is 10.9. The average molecular weight is 401 g/mol. The highest BCUT2D eigenvalue weighted by atomic mass is 32.2. The maximum absolute atomic E-state index is 12.5. The molecule has 28 heavy (non-hydrogen) atoms. The van der Waals surface area contributed by atoms with Crippen LogP contribution in [0.1, 0.15) is 18.1 Å². The van der Waals surface area contributed by atoms with Crippen LogP contribution >= 0.6 is 11.8 Å². The zero-order valence-corrected chi connectivity index (χ0v) is 17.9. The van der Waals surface area contributed by atoms with E-state index in [4.69, 9.17) is 0 Å². The first-order valence-corrected chi connectivity index (χ1v) is 10.7. The van der Waals surface area contributed by atoms with Gasteiger partial charge in [0.15, 0.2) is 13.1 Å².